The van der Waals surface area contributed by atoms with Gasteiger partial charge in [-0.15, -0.1) is 0 Å². The first kappa shape index (κ1) is 12.7. The van der Waals surface area contributed by atoms with E-state index in [-0.39, 0.29) is 12.5 Å². The zero-order chi connectivity index (χ0) is 12.8. The predicted octanol–water partition coefficient (Wildman–Crippen LogP) is 1.95. The molecule has 1 aliphatic rings. The Labute approximate surface area is 108 Å². The molecule has 0 bridgehead atoms. The molecule has 1 aliphatic heterocycles. The van der Waals surface area contributed by atoms with Crippen molar-refractivity contribution < 1.29 is 9.53 Å². The number of anilines is 1. The average molecular weight is 248 g/mol. The zero-order valence-electron chi connectivity index (χ0n) is 10.8. The van der Waals surface area contributed by atoms with Crippen LogP contribution in [0.3, 0.4) is 0 Å². The second-order valence-electron chi connectivity index (χ2n) is 4.45. The monoisotopic (exact) mass is 248 g/mol. The summed E-state index contributed by atoms with van der Waals surface area (Å²) >= 11 is 0. The molecule has 2 N–H and O–H groups in total. The molecule has 1 heterocycles. The van der Waals surface area contributed by atoms with Gasteiger partial charge in [0.15, 0.2) is 6.61 Å². The molecule has 0 saturated carbocycles. The number of rotatable bonds is 5. The maximum absolute atomic E-state index is 11.5. The van der Waals surface area contributed by atoms with Gasteiger partial charge in [-0.25, -0.2) is 0 Å². The molecule has 0 spiro atoms. The van der Waals surface area contributed by atoms with Crippen LogP contribution in [0.25, 0.3) is 0 Å². The van der Waals surface area contributed by atoms with Crippen LogP contribution in [0.1, 0.15) is 25.3 Å². The second kappa shape index (κ2) is 6.28. The van der Waals surface area contributed by atoms with E-state index in [9.17, 15) is 4.79 Å². The van der Waals surface area contributed by atoms with Crippen LogP contribution in [-0.4, -0.2) is 25.6 Å². The van der Waals surface area contributed by atoms with Crippen LogP contribution >= 0.6 is 0 Å². The van der Waals surface area contributed by atoms with Gasteiger partial charge in [0.2, 0.25) is 0 Å². The van der Waals surface area contributed by atoms with E-state index >= 15 is 0 Å². The van der Waals surface area contributed by atoms with E-state index < -0.39 is 0 Å². The highest BCUT2D eigenvalue weighted by Crippen LogP contribution is 2.30. The number of hydrogen-bond donors (Lipinski definition) is 2. The molecule has 4 nitrogen and oxygen atoms in total. The van der Waals surface area contributed by atoms with Gasteiger partial charge in [0.1, 0.15) is 5.75 Å². The Morgan fingerprint density at radius 2 is 2.39 bits per heavy atom. The lowest BCUT2D eigenvalue weighted by molar-refractivity contribution is -0.123. The van der Waals surface area contributed by atoms with E-state index in [2.05, 4.69) is 16.7 Å². The summed E-state index contributed by atoms with van der Waals surface area (Å²) in [7, 11) is 0. The minimum atomic E-state index is -0.0572. The summed E-state index contributed by atoms with van der Waals surface area (Å²) < 4.78 is 5.61. The molecule has 0 atom stereocenters. The molecular formula is C14H20N2O2. The van der Waals surface area contributed by atoms with Gasteiger partial charge in [0.05, 0.1) is 0 Å². The summed E-state index contributed by atoms with van der Waals surface area (Å²) in [6.07, 6.45) is 3.06. The number of nitrogens with one attached hydrogen (secondary N) is 2. The molecule has 2 rings (SSSR count). The van der Waals surface area contributed by atoms with Crippen molar-refractivity contribution in [2.45, 2.75) is 26.2 Å². The SMILES string of the molecule is CCCNC(=O)COc1cccc2c1CCCN2. The van der Waals surface area contributed by atoms with Crippen LogP contribution in [0.5, 0.6) is 5.75 Å². The molecule has 0 aromatic heterocycles. The van der Waals surface area contributed by atoms with Crippen molar-refractivity contribution in [2.24, 2.45) is 0 Å². The van der Waals surface area contributed by atoms with E-state index in [1.54, 1.807) is 0 Å². The van der Waals surface area contributed by atoms with E-state index in [1.807, 2.05) is 19.1 Å². The van der Waals surface area contributed by atoms with Crippen molar-refractivity contribution in [1.82, 2.24) is 5.32 Å². The maximum Gasteiger partial charge on any atom is 0.257 e. The van der Waals surface area contributed by atoms with Crippen molar-refractivity contribution in [2.75, 3.05) is 25.0 Å². The largest absolute Gasteiger partial charge is 0.483 e. The number of fused-ring (bicyclic) bond motifs is 1. The topological polar surface area (TPSA) is 50.4 Å². The van der Waals surface area contributed by atoms with Gasteiger partial charge in [-0.2, -0.15) is 0 Å². The van der Waals surface area contributed by atoms with Crippen LogP contribution in [-0.2, 0) is 11.2 Å². The molecule has 1 aromatic rings. The van der Waals surface area contributed by atoms with Crippen molar-refractivity contribution in [3.63, 3.8) is 0 Å². The fraction of sp³-hybridized carbons (Fsp3) is 0.500. The standard InChI is InChI=1S/C14H20N2O2/c1-2-8-16-14(17)10-18-13-7-3-6-12-11(13)5-4-9-15-12/h3,6-7,15H,2,4-5,8-10H2,1H3,(H,16,17). The third-order valence-corrected chi connectivity index (χ3v) is 2.98. The highest BCUT2D eigenvalue weighted by atomic mass is 16.5. The molecule has 0 unspecified atom stereocenters. The van der Waals surface area contributed by atoms with Crippen LogP contribution < -0.4 is 15.4 Å². The van der Waals surface area contributed by atoms with Crippen LogP contribution in [0, 0.1) is 0 Å². The van der Waals surface area contributed by atoms with E-state index in [4.69, 9.17) is 4.74 Å². The average Bonchev–Trinajstić information content (AvgIpc) is 2.42. The smallest absolute Gasteiger partial charge is 0.257 e. The first-order valence-electron chi connectivity index (χ1n) is 6.56. The molecule has 4 heteroatoms. The summed E-state index contributed by atoms with van der Waals surface area (Å²) in [4.78, 5) is 11.5. The van der Waals surface area contributed by atoms with Crippen molar-refractivity contribution >= 4 is 11.6 Å². The Morgan fingerprint density at radius 1 is 1.50 bits per heavy atom. The molecule has 1 amide bonds. The normalized spacial score (nSPS) is 13.4. The first-order chi connectivity index (χ1) is 8.81. The molecule has 0 fully saturated rings. The van der Waals surface area contributed by atoms with Crippen LogP contribution in [0.4, 0.5) is 5.69 Å². The fourth-order valence-electron chi connectivity index (χ4n) is 2.07. The highest BCUT2D eigenvalue weighted by molar-refractivity contribution is 5.77. The zero-order valence-corrected chi connectivity index (χ0v) is 10.8. The minimum absolute atomic E-state index is 0.0572. The second-order valence-corrected chi connectivity index (χ2v) is 4.45. The third kappa shape index (κ3) is 3.15. The summed E-state index contributed by atoms with van der Waals surface area (Å²) in [5.74, 6) is 0.768. The van der Waals surface area contributed by atoms with Crippen molar-refractivity contribution in [1.29, 1.82) is 0 Å². The molecule has 1 aromatic carbocycles. The Bertz CT molecular complexity index is 418. The Kier molecular flexibility index (Phi) is 4.45. The molecule has 0 radical (unpaired) electrons. The Morgan fingerprint density at radius 3 is 3.22 bits per heavy atom. The number of benzene rings is 1. The van der Waals surface area contributed by atoms with E-state index in [0.29, 0.717) is 6.54 Å². The van der Waals surface area contributed by atoms with Gasteiger partial charge in [0.25, 0.3) is 5.91 Å². The number of carbonyl (C=O) groups excluding carboxylic acids is 1. The van der Waals surface area contributed by atoms with Crippen molar-refractivity contribution in [3.8, 4) is 5.75 Å². The fourth-order valence-corrected chi connectivity index (χ4v) is 2.07. The summed E-state index contributed by atoms with van der Waals surface area (Å²) in [6, 6.07) is 5.94. The van der Waals surface area contributed by atoms with Crippen LogP contribution in [0.2, 0.25) is 0 Å². The summed E-state index contributed by atoms with van der Waals surface area (Å²) in [6.45, 7) is 3.83. The molecule has 0 aliphatic carbocycles. The van der Waals surface area contributed by atoms with Crippen LogP contribution in [0.15, 0.2) is 18.2 Å². The van der Waals surface area contributed by atoms with Crippen molar-refractivity contribution in [3.05, 3.63) is 23.8 Å². The molecule has 18 heavy (non-hydrogen) atoms. The van der Waals surface area contributed by atoms with Gasteiger partial charge in [-0.05, 0) is 31.4 Å². The first-order valence-corrected chi connectivity index (χ1v) is 6.56. The Balaban J connectivity index is 1.95. The third-order valence-electron chi connectivity index (χ3n) is 2.98. The Hall–Kier alpha value is -1.71. The highest BCUT2D eigenvalue weighted by Gasteiger charge is 2.13. The number of amides is 1. The summed E-state index contributed by atoms with van der Waals surface area (Å²) in [5, 5.41) is 6.15. The molecule has 98 valence electrons. The van der Waals surface area contributed by atoms with Gasteiger partial charge in [-0.3, -0.25) is 4.79 Å². The van der Waals surface area contributed by atoms with Gasteiger partial charge in [0, 0.05) is 24.3 Å². The summed E-state index contributed by atoms with van der Waals surface area (Å²) in [5.41, 5.74) is 2.32. The minimum Gasteiger partial charge on any atom is -0.483 e. The lowest BCUT2D eigenvalue weighted by atomic mass is 10.0. The predicted molar refractivity (Wildman–Crippen MR) is 72.0 cm³/mol. The van der Waals surface area contributed by atoms with Gasteiger partial charge < -0.3 is 15.4 Å². The van der Waals surface area contributed by atoms with E-state index in [0.717, 1.165) is 37.2 Å². The van der Waals surface area contributed by atoms with Gasteiger partial charge in [-0.1, -0.05) is 13.0 Å². The molecule has 0 saturated heterocycles. The lowest BCUT2D eigenvalue weighted by Gasteiger charge is -2.20. The molecular weight excluding hydrogens is 228 g/mol. The van der Waals surface area contributed by atoms with Gasteiger partial charge >= 0.3 is 0 Å². The number of hydrogen-bond acceptors (Lipinski definition) is 3. The van der Waals surface area contributed by atoms with E-state index in [1.165, 1.54) is 5.56 Å². The quantitative estimate of drug-likeness (QED) is 0.837. The number of carbonyl (C=O) groups is 1. The number of ether oxygens (including phenoxy) is 1. The lowest BCUT2D eigenvalue weighted by Crippen LogP contribution is -2.29. The maximum atomic E-state index is 11.5.